The third-order valence-electron chi connectivity index (χ3n) is 2.04. The zero-order chi connectivity index (χ0) is 8.91. The first kappa shape index (κ1) is 10.9. The summed E-state index contributed by atoms with van der Waals surface area (Å²) < 4.78 is 0. The summed E-state index contributed by atoms with van der Waals surface area (Å²) in [5.74, 6) is 0. The van der Waals surface area contributed by atoms with Crippen LogP contribution >= 0.6 is 0 Å². The summed E-state index contributed by atoms with van der Waals surface area (Å²) in [5, 5.41) is 19.1. The van der Waals surface area contributed by atoms with E-state index in [-0.39, 0.29) is 0 Å². The van der Waals surface area contributed by atoms with Crippen LogP contribution in [0.25, 0.3) is 0 Å². The molecule has 0 aliphatic heterocycles. The van der Waals surface area contributed by atoms with Crippen LogP contribution in [-0.4, -0.2) is 21.9 Å². The minimum absolute atomic E-state index is 0.563. The van der Waals surface area contributed by atoms with E-state index < -0.39 is 11.7 Å². The molecule has 2 atom stereocenters. The Morgan fingerprint density at radius 3 is 2.18 bits per heavy atom. The van der Waals surface area contributed by atoms with Crippen LogP contribution in [0.2, 0.25) is 0 Å². The second-order valence-electron chi connectivity index (χ2n) is 3.41. The molecule has 0 amide bonds. The lowest BCUT2D eigenvalue weighted by Gasteiger charge is -2.28. The van der Waals surface area contributed by atoms with E-state index in [1.807, 2.05) is 13.8 Å². The van der Waals surface area contributed by atoms with Gasteiger partial charge in [-0.05, 0) is 19.8 Å². The molecule has 0 heterocycles. The predicted octanol–water partition coefficient (Wildman–Crippen LogP) is 1.70. The summed E-state index contributed by atoms with van der Waals surface area (Å²) in [7, 11) is 0. The number of aliphatic hydroxyl groups is 2. The molecular weight excluding hydrogens is 140 g/mol. The van der Waals surface area contributed by atoms with Crippen molar-refractivity contribution in [3.05, 3.63) is 0 Å². The molecule has 0 fully saturated rings. The van der Waals surface area contributed by atoms with E-state index in [2.05, 4.69) is 0 Å². The van der Waals surface area contributed by atoms with Crippen LogP contribution in [0.1, 0.15) is 46.5 Å². The van der Waals surface area contributed by atoms with Crippen molar-refractivity contribution in [2.75, 3.05) is 0 Å². The first-order valence-electron chi connectivity index (χ1n) is 4.45. The fraction of sp³-hybridized carbons (Fsp3) is 1.00. The lowest BCUT2D eigenvalue weighted by molar-refractivity contribution is -0.0705. The highest BCUT2D eigenvalue weighted by Gasteiger charge is 2.27. The van der Waals surface area contributed by atoms with Crippen molar-refractivity contribution in [1.29, 1.82) is 0 Å². The van der Waals surface area contributed by atoms with Crippen LogP contribution in [0, 0.1) is 0 Å². The Morgan fingerprint density at radius 2 is 1.82 bits per heavy atom. The van der Waals surface area contributed by atoms with Gasteiger partial charge < -0.3 is 10.2 Å². The zero-order valence-corrected chi connectivity index (χ0v) is 7.80. The molecule has 68 valence electrons. The van der Waals surface area contributed by atoms with Crippen molar-refractivity contribution in [3.8, 4) is 0 Å². The normalized spacial score (nSPS) is 19.4. The Balaban J connectivity index is 3.83. The molecule has 2 N–H and O–H groups in total. The lowest BCUT2D eigenvalue weighted by Crippen LogP contribution is -2.38. The highest BCUT2D eigenvalue weighted by molar-refractivity contribution is 4.80. The first-order chi connectivity index (χ1) is 5.04. The minimum atomic E-state index is -0.884. The molecular formula is C9H20O2. The molecule has 2 unspecified atom stereocenters. The predicted molar refractivity (Wildman–Crippen MR) is 46.4 cm³/mol. The summed E-state index contributed by atoms with van der Waals surface area (Å²) >= 11 is 0. The van der Waals surface area contributed by atoms with Gasteiger partial charge in [-0.1, -0.05) is 26.7 Å². The number of rotatable bonds is 5. The topological polar surface area (TPSA) is 40.5 Å². The van der Waals surface area contributed by atoms with Gasteiger partial charge in [0.05, 0.1) is 11.7 Å². The molecule has 0 rings (SSSR count). The van der Waals surface area contributed by atoms with Crippen molar-refractivity contribution < 1.29 is 10.2 Å². The maximum absolute atomic E-state index is 9.66. The SMILES string of the molecule is CCCC(O)C(C)(O)CCC. The maximum atomic E-state index is 9.66. The average molecular weight is 160 g/mol. The van der Waals surface area contributed by atoms with Gasteiger partial charge in [-0.25, -0.2) is 0 Å². The fourth-order valence-corrected chi connectivity index (χ4v) is 1.26. The monoisotopic (exact) mass is 160 g/mol. The molecule has 2 heteroatoms. The Hall–Kier alpha value is -0.0800. The van der Waals surface area contributed by atoms with Gasteiger partial charge in [0.2, 0.25) is 0 Å². The molecule has 0 aromatic heterocycles. The second kappa shape index (κ2) is 4.73. The first-order valence-corrected chi connectivity index (χ1v) is 4.45. The summed E-state index contributed by atoms with van der Waals surface area (Å²) in [6.45, 7) is 5.72. The molecule has 0 aromatic carbocycles. The summed E-state index contributed by atoms with van der Waals surface area (Å²) in [6, 6.07) is 0. The molecule has 0 saturated heterocycles. The van der Waals surface area contributed by atoms with E-state index in [9.17, 15) is 10.2 Å². The zero-order valence-electron chi connectivity index (χ0n) is 7.80. The van der Waals surface area contributed by atoms with Gasteiger partial charge in [-0.3, -0.25) is 0 Å². The van der Waals surface area contributed by atoms with Gasteiger partial charge in [0.1, 0.15) is 0 Å². The van der Waals surface area contributed by atoms with E-state index in [1.165, 1.54) is 0 Å². The molecule has 0 bridgehead atoms. The Morgan fingerprint density at radius 1 is 1.27 bits per heavy atom. The summed E-state index contributed by atoms with van der Waals surface area (Å²) in [4.78, 5) is 0. The molecule has 0 aliphatic carbocycles. The van der Waals surface area contributed by atoms with Crippen LogP contribution < -0.4 is 0 Å². The highest BCUT2D eigenvalue weighted by Crippen LogP contribution is 2.19. The second-order valence-corrected chi connectivity index (χ2v) is 3.41. The van der Waals surface area contributed by atoms with E-state index in [0.717, 1.165) is 12.8 Å². The number of aliphatic hydroxyl groups excluding tert-OH is 1. The standard InChI is InChI=1S/C9H20O2/c1-4-6-8(10)9(3,11)7-5-2/h8,10-11H,4-7H2,1-3H3. The van der Waals surface area contributed by atoms with E-state index in [0.29, 0.717) is 12.8 Å². The van der Waals surface area contributed by atoms with Gasteiger partial charge in [0.15, 0.2) is 0 Å². The average Bonchev–Trinajstić information content (AvgIpc) is 1.88. The van der Waals surface area contributed by atoms with Crippen molar-refractivity contribution in [2.45, 2.75) is 58.2 Å². The molecule has 2 nitrogen and oxygen atoms in total. The van der Waals surface area contributed by atoms with Crippen molar-refractivity contribution in [1.82, 2.24) is 0 Å². The Kier molecular flexibility index (Phi) is 4.69. The third kappa shape index (κ3) is 3.73. The molecule has 0 aromatic rings. The third-order valence-corrected chi connectivity index (χ3v) is 2.04. The summed E-state index contributed by atoms with van der Waals surface area (Å²) in [6.07, 6.45) is 2.63. The van der Waals surface area contributed by atoms with Crippen LogP contribution in [0.15, 0.2) is 0 Å². The van der Waals surface area contributed by atoms with Gasteiger partial charge in [0.25, 0.3) is 0 Å². The van der Waals surface area contributed by atoms with E-state index in [4.69, 9.17) is 0 Å². The summed E-state index contributed by atoms with van der Waals surface area (Å²) in [5.41, 5.74) is -0.884. The van der Waals surface area contributed by atoms with Crippen molar-refractivity contribution >= 4 is 0 Å². The van der Waals surface area contributed by atoms with Gasteiger partial charge in [-0.2, -0.15) is 0 Å². The van der Waals surface area contributed by atoms with E-state index >= 15 is 0 Å². The number of hydrogen-bond acceptors (Lipinski definition) is 2. The molecule has 11 heavy (non-hydrogen) atoms. The Bertz CT molecular complexity index is 99.7. The van der Waals surface area contributed by atoms with Crippen LogP contribution in [0.5, 0.6) is 0 Å². The van der Waals surface area contributed by atoms with Gasteiger partial charge in [-0.15, -0.1) is 0 Å². The van der Waals surface area contributed by atoms with Gasteiger partial charge >= 0.3 is 0 Å². The van der Waals surface area contributed by atoms with E-state index in [1.54, 1.807) is 6.92 Å². The van der Waals surface area contributed by atoms with Crippen molar-refractivity contribution in [3.63, 3.8) is 0 Å². The molecule has 0 saturated carbocycles. The molecule has 0 radical (unpaired) electrons. The molecule has 0 aliphatic rings. The maximum Gasteiger partial charge on any atom is 0.0877 e. The lowest BCUT2D eigenvalue weighted by atomic mass is 9.91. The smallest absolute Gasteiger partial charge is 0.0877 e. The quantitative estimate of drug-likeness (QED) is 0.642. The minimum Gasteiger partial charge on any atom is -0.390 e. The van der Waals surface area contributed by atoms with Crippen LogP contribution in [0.4, 0.5) is 0 Å². The fourth-order valence-electron chi connectivity index (χ4n) is 1.26. The highest BCUT2D eigenvalue weighted by atomic mass is 16.3. The largest absolute Gasteiger partial charge is 0.390 e. The van der Waals surface area contributed by atoms with Crippen LogP contribution in [0.3, 0.4) is 0 Å². The van der Waals surface area contributed by atoms with Gasteiger partial charge in [0, 0.05) is 0 Å². The molecule has 0 spiro atoms. The number of hydrogen-bond donors (Lipinski definition) is 2. The van der Waals surface area contributed by atoms with Crippen molar-refractivity contribution in [2.24, 2.45) is 0 Å². The van der Waals surface area contributed by atoms with Crippen LogP contribution in [-0.2, 0) is 0 Å². The Labute approximate surface area is 69.2 Å².